The van der Waals surface area contributed by atoms with Crippen LogP contribution in [0.3, 0.4) is 0 Å². The lowest BCUT2D eigenvalue weighted by molar-refractivity contribution is -0.140. The van der Waals surface area contributed by atoms with Gasteiger partial charge in [-0.15, -0.1) is 0 Å². The number of aromatic nitrogens is 1. The maximum absolute atomic E-state index is 13.1. The van der Waals surface area contributed by atoms with Crippen molar-refractivity contribution in [2.75, 3.05) is 0 Å². The number of ether oxygens (including phenoxy) is 1. The Morgan fingerprint density at radius 3 is 3.05 bits per heavy atom. The van der Waals surface area contributed by atoms with Crippen LogP contribution in [0.25, 0.3) is 0 Å². The van der Waals surface area contributed by atoms with Crippen LogP contribution in [0.1, 0.15) is 36.6 Å². The van der Waals surface area contributed by atoms with Crippen LogP contribution in [0, 0.1) is 5.92 Å². The van der Waals surface area contributed by atoms with Crippen molar-refractivity contribution in [1.29, 1.82) is 0 Å². The largest absolute Gasteiger partial charge is 0.366 e. The minimum atomic E-state index is -0.0178. The Morgan fingerprint density at radius 2 is 2.27 bits per heavy atom. The number of hydrogen-bond donors (Lipinski definition) is 0. The van der Waals surface area contributed by atoms with E-state index >= 15 is 0 Å². The first-order chi connectivity index (χ1) is 10.7. The van der Waals surface area contributed by atoms with Crippen molar-refractivity contribution < 1.29 is 9.53 Å². The molecule has 5 rings (SSSR count). The number of carbonyl (C=O) groups is 1. The van der Waals surface area contributed by atoms with Gasteiger partial charge in [0.15, 0.2) is 0 Å². The standard InChI is InChI=1S/C17H17ClN2O2/c18-9-5-12-14(19-8-9)6-10-1-3-15(12)20(10)17(21)13-7-11-2-4-16(13)22-11/h2,4-5,8,10-11,13,15-16H,1,3,6-7H2. The van der Waals surface area contributed by atoms with Gasteiger partial charge >= 0.3 is 0 Å². The van der Waals surface area contributed by atoms with Gasteiger partial charge in [-0.05, 0) is 30.9 Å². The average Bonchev–Trinajstić information content (AvgIpc) is 3.21. The molecule has 1 aromatic heterocycles. The maximum atomic E-state index is 13.1. The van der Waals surface area contributed by atoms with Gasteiger partial charge in [0.05, 0.1) is 29.2 Å². The normalized spacial score (nSPS) is 37.7. The summed E-state index contributed by atoms with van der Waals surface area (Å²) < 4.78 is 5.78. The maximum Gasteiger partial charge on any atom is 0.229 e. The number of amides is 1. The first-order valence-electron chi connectivity index (χ1n) is 8.01. The van der Waals surface area contributed by atoms with Crippen LogP contribution < -0.4 is 0 Å². The molecule has 2 saturated heterocycles. The minimum Gasteiger partial charge on any atom is -0.366 e. The van der Waals surface area contributed by atoms with E-state index in [2.05, 4.69) is 22.0 Å². The molecule has 4 bridgehead atoms. The third kappa shape index (κ3) is 1.74. The summed E-state index contributed by atoms with van der Waals surface area (Å²) in [5, 5.41) is 0.655. The first-order valence-corrected chi connectivity index (χ1v) is 8.39. The Balaban J connectivity index is 1.49. The van der Waals surface area contributed by atoms with E-state index in [1.807, 2.05) is 6.07 Å². The lowest BCUT2D eigenvalue weighted by Crippen LogP contribution is -2.46. The molecule has 0 radical (unpaired) electrons. The van der Waals surface area contributed by atoms with Gasteiger partial charge in [0.2, 0.25) is 5.91 Å². The molecule has 1 amide bonds. The molecule has 0 spiro atoms. The summed E-state index contributed by atoms with van der Waals surface area (Å²) in [4.78, 5) is 19.7. The lowest BCUT2D eigenvalue weighted by atomic mass is 9.90. The van der Waals surface area contributed by atoms with Gasteiger partial charge in [-0.2, -0.15) is 0 Å². The van der Waals surface area contributed by atoms with Crippen LogP contribution in [0.15, 0.2) is 24.4 Å². The molecule has 0 aromatic carbocycles. The second-order valence-electron chi connectivity index (χ2n) is 6.75. The molecule has 4 nitrogen and oxygen atoms in total. The van der Waals surface area contributed by atoms with Crippen LogP contribution in [0.2, 0.25) is 5.02 Å². The predicted octanol–water partition coefficient (Wildman–Crippen LogP) is 2.67. The minimum absolute atomic E-state index is 0.00760. The molecule has 4 aliphatic rings. The second-order valence-corrected chi connectivity index (χ2v) is 7.19. The smallest absolute Gasteiger partial charge is 0.229 e. The molecule has 0 saturated carbocycles. The zero-order valence-corrected chi connectivity index (χ0v) is 12.9. The molecule has 4 aliphatic heterocycles. The summed E-state index contributed by atoms with van der Waals surface area (Å²) in [5.41, 5.74) is 2.26. The third-order valence-corrected chi connectivity index (χ3v) is 5.77. The first kappa shape index (κ1) is 13.1. The van der Waals surface area contributed by atoms with E-state index in [0.717, 1.165) is 36.9 Å². The van der Waals surface area contributed by atoms with Crippen molar-refractivity contribution in [1.82, 2.24) is 9.88 Å². The van der Waals surface area contributed by atoms with Gasteiger partial charge in [-0.25, -0.2) is 0 Å². The summed E-state index contributed by atoms with van der Waals surface area (Å²) in [6, 6.07) is 2.44. The van der Waals surface area contributed by atoms with Gasteiger partial charge in [-0.1, -0.05) is 23.8 Å². The Morgan fingerprint density at radius 1 is 1.36 bits per heavy atom. The average molecular weight is 317 g/mol. The topological polar surface area (TPSA) is 42.4 Å². The van der Waals surface area contributed by atoms with Crippen LogP contribution in [-0.4, -0.2) is 34.0 Å². The molecule has 0 aliphatic carbocycles. The van der Waals surface area contributed by atoms with Gasteiger partial charge in [0, 0.05) is 24.4 Å². The van der Waals surface area contributed by atoms with E-state index in [1.165, 1.54) is 0 Å². The summed E-state index contributed by atoms with van der Waals surface area (Å²) >= 11 is 6.12. The molecule has 2 fully saturated rings. The van der Waals surface area contributed by atoms with E-state index in [4.69, 9.17) is 16.3 Å². The molecule has 5 atom stereocenters. The van der Waals surface area contributed by atoms with Crippen molar-refractivity contribution >= 4 is 17.5 Å². The van der Waals surface area contributed by atoms with Gasteiger partial charge in [0.25, 0.3) is 0 Å². The highest BCUT2D eigenvalue weighted by atomic mass is 35.5. The fraction of sp³-hybridized carbons (Fsp3) is 0.529. The monoisotopic (exact) mass is 316 g/mol. The predicted molar refractivity (Wildman–Crippen MR) is 81.5 cm³/mol. The number of rotatable bonds is 1. The molecule has 5 unspecified atom stereocenters. The summed E-state index contributed by atoms with van der Waals surface area (Å²) in [6.45, 7) is 0. The van der Waals surface area contributed by atoms with Crippen LogP contribution >= 0.6 is 11.6 Å². The zero-order valence-electron chi connectivity index (χ0n) is 12.1. The Kier molecular flexibility index (Phi) is 2.71. The Hall–Kier alpha value is -1.39. The number of carbonyl (C=O) groups excluding carboxylic acids is 1. The van der Waals surface area contributed by atoms with Crippen LogP contribution in [0.5, 0.6) is 0 Å². The van der Waals surface area contributed by atoms with Crippen molar-refractivity contribution in [2.24, 2.45) is 5.92 Å². The van der Waals surface area contributed by atoms with Crippen molar-refractivity contribution in [2.45, 2.75) is 50.0 Å². The van der Waals surface area contributed by atoms with E-state index in [-0.39, 0.29) is 30.1 Å². The number of hydrogen-bond acceptors (Lipinski definition) is 3. The molecule has 114 valence electrons. The molecule has 5 heteroatoms. The summed E-state index contributed by atoms with van der Waals surface area (Å²) in [6.07, 6.45) is 9.73. The van der Waals surface area contributed by atoms with Gasteiger partial charge in [0.1, 0.15) is 0 Å². The fourth-order valence-corrected chi connectivity index (χ4v) is 4.76. The van der Waals surface area contributed by atoms with Crippen molar-refractivity contribution in [3.05, 3.63) is 40.7 Å². The SMILES string of the molecule is O=C(C1CC2C=CC1O2)N1C2CCC1c1cc(Cl)cnc1C2. The van der Waals surface area contributed by atoms with Gasteiger partial charge in [-0.3, -0.25) is 9.78 Å². The van der Waals surface area contributed by atoms with E-state index in [1.54, 1.807) is 6.20 Å². The third-order valence-electron chi connectivity index (χ3n) is 5.56. The Bertz CT molecular complexity index is 689. The molecule has 0 N–H and O–H groups in total. The summed E-state index contributed by atoms with van der Waals surface area (Å²) in [5.74, 6) is 0.252. The quantitative estimate of drug-likeness (QED) is 0.748. The molecular formula is C17H17ClN2O2. The number of nitrogens with zero attached hydrogens (tertiary/aromatic N) is 2. The van der Waals surface area contributed by atoms with Crippen LogP contribution in [0.4, 0.5) is 0 Å². The fourth-order valence-electron chi connectivity index (χ4n) is 4.59. The van der Waals surface area contributed by atoms with Crippen LogP contribution in [-0.2, 0) is 16.0 Å². The van der Waals surface area contributed by atoms with E-state index in [9.17, 15) is 4.79 Å². The molecular weight excluding hydrogens is 300 g/mol. The second kappa shape index (κ2) is 4.56. The number of halogens is 1. The molecule has 1 aromatic rings. The number of fused-ring (bicyclic) bond motifs is 6. The molecule has 5 heterocycles. The highest BCUT2D eigenvalue weighted by molar-refractivity contribution is 6.30. The Labute approximate surface area is 134 Å². The summed E-state index contributed by atoms with van der Waals surface area (Å²) in [7, 11) is 0. The highest BCUT2D eigenvalue weighted by Crippen LogP contribution is 2.46. The van der Waals surface area contributed by atoms with Gasteiger partial charge < -0.3 is 9.64 Å². The zero-order chi connectivity index (χ0) is 14.8. The molecule has 22 heavy (non-hydrogen) atoms. The van der Waals surface area contributed by atoms with Crippen molar-refractivity contribution in [3.63, 3.8) is 0 Å². The van der Waals surface area contributed by atoms with E-state index in [0.29, 0.717) is 11.1 Å². The number of pyridine rings is 1. The van der Waals surface area contributed by atoms with Crippen molar-refractivity contribution in [3.8, 4) is 0 Å². The highest BCUT2D eigenvalue weighted by Gasteiger charge is 2.49. The van der Waals surface area contributed by atoms with E-state index < -0.39 is 0 Å². The lowest BCUT2D eigenvalue weighted by Gasteiger charge is -2.38.